The number of benzene rings is 1. The standard InChI is InChI=1S/C18H29N3O2/c1-14-5-7-15(8-6-14)12-21(9-4-10-23-3)18(22)17-11-16(19)13-20(17)2/h5-8,16-17H,4,9-13,19H2,1-3H3/t16-,17-/m0/s1. The zero-order valence-electron chi connectivity index (χ0n) is 14.5. The molecular weight excluding hydrogens is 290 g/mol. The van der Waals surface area contributed by atoms with E-state index in [0.717, 1.165) is 24.9 Å². The Hall–Kier alpha value is -1.43. The Kier molecular flexibility index (Phi) is 6.57. The second-order valence-corrected chi connectivity index (χ2v) is 6.54. The Morgan fingerprint density at radius 1 is 1.39 bits per heavy atom. The Morgan fingerprint density at radius 3 is 2.65 bits per heavy atom. The first-order valence-corrected chi connectivity index (χ1v) is 8.30. The van der Waals surface area contributed by atoms with Gasteiger partial charge in [0.2, 0.25) is 5.91 Å². The van der Waals surface area contributed by atoms with Gasteiger partial charge in [-0.15, -0.1) is 0 Å². The lowest BCUT2D eigenvalue weighted by Gasteiger charge is -2.28. The Balaban J connectivity index is 2.06. The van der Waals surface area contributed by atoms with Crippen molar-refractivity contribution in [2.45, 2.75) is 38.4 Å². The van der Waals surface area contributed by atoms with E-state index in [-0.39, 0.29) is 18.0 Å². The average molecular weight is 319 g/mol. The molecule has 0 aliphatic carbocycles. The molecule has 0 radical (unpaired) electrons. The van der Waals surface area contributed by atoms with Gasteiger partial charge in [0.1, 0.15) is 0 Å². The fraction of sp³-hybridized carbons (Fsp3) is 0.611. The predicted octanol–water partition coefficient (Wildman–Crippen LogP) is 1.39. The second-order valence-electron chi connectivity index (χ2n) is 6.54. The summed E-state index contributed by atoms with van der Waals surface area (Å²) >= 11 is 0. The maximum absolute atomic E-state index is 13.0. The minimum absolute atomic E-state index is 0.0918. The summed E-state index contributed by atoms with van der Waals surface area (Å²) in [6.07, 6.45) is 1.58. The van der Waals surface area contributed by atoms with E-state index in [2.05, 4.69) is 36.1 Å². The first-order valence-electron chi connectivity index (χ1n) is 8.30. The summed E-state index contributed by atoms with van der Waals surface area (Å²) < 4.78 is 5.13. The highest BCUT2D eigenvalue weighted by Gasteiger charge is 2.35. The van der Waals surface area contributed by atoms with Crippen molar-refractivity contribution in [2.24, 2.45) is 5.73 Å². The number of nitrogens with zero attached hydrogens (tertiary/aromatic N) is 2. The molecule has 1 aromatic rings. The van der Waals surface area contributed by atoms with Crippen LogP contribution < -0.4 is 5.73 Å². The molecule has 0 bridgehead atoms. The molecular formula is C18H29N3O2. The van der Waals surface area contributed by atoms with Crippen molar-refractivity contribution in [1.29, 1.82) is 0 Å². The zero-order chi connectivity index (χ0) is 16.8. The molecule has 1 aliphatic heterocycles. The van der Waals surface area contributed by atoms with Crippen LogP contribution in [0.15, 0.2) is 24.3 Å². The van der Waals surface area contributed by atoms with Crippen molar-refractivity contribution in [3.63, 3.8) is 0 Å². The summed E-state index contributed by atoms with van der Waals surface area (Å²) in [6, 6.07) is 8.36. The SMILES string of the molecule is COCCCN(Cc1ccc(C)cc1)C(=O)[C@@H]1C[C@H](N)CN1C. The number of hydrogen-bond donors (Lipinski definition) is 1. The monoisotopic (exact) mass is 319 g/mol. The van der Waals surface area contributed by atoms with Crippen LogP contribution in [0.2, 0.25) is 0 Å². The number of ether oxygens (including phenoxy) is 1. The molecule has 0 aromatic heterocycles. The van der Waals surface area contributed by atoms with E-state index < -0.39 is 0 Å². The first kappa shape index (κ1) is 17.9. The van der Waals surface area contributed by atoms with Crippen molar-refractivity contribution < 1.29 is 9.53 Å². The Labute approximate surface area is 139 Å². The number of carbonyl (C=O) groups is 1. The molecule has 0 spiro atoms. The fourth-order valence-electron chi connectivity index (χ4n) is 3.12. The summed E-state index contributed by atoms with van der Waals surface area (Å²) in [6.45, 7) is 4.87. The van der Waals surface area contributed by atoms with Crippen LogP contribution in [0.1, 0.15) is 24.0 Å². The van der Waals surface area contributed by atoms with E-state index in [4.69, 9.17) is 10.5 Å². The molecule has 5 heteroatoms. The molecule has 23 heavy (non-hydrogen) atoms. The minimum Gasteiger partial charge on any atom is -0.385 e. The van der Waals surface area contributed by atoms with Crippen molar-refractivity contribution in [2.75, 3.05) is 33.9 Å². The third-order valence-electron chi connectivity index (χ3n) is 4.45. The maximum Gasteiger partial charge on any atom is 0.240 e. The van der Waals surface area contributed by atoms with Crippen LogP contribution in [-0.4, -0.2) is 61.6 Å². The average Bonchev–Trinajstić information content (AvgIpc) is 2.86. The number of hydrogen-bond acceptors (Lipinski definition) is 4. The number of likely N-dealkylation sites (N-methyl/N-ethyl adjacent to an activating group) is 1. The van der Waals surface area contributed by atoms with Crippen molar-refractivity contribution in [1.82, 2.24) is 9.80 Å². The van der Waals surface area contributed by atoms with Gasteiger partial charge >= 0.3 is 0 Å². The van der Waals surface area contributed by atoms with E-state index in [0.29, 0.717) is 19.7 Å². The molecule has 1 heterocycles. The van der Waals surface area contributed by atoms with Crippen LogP contribution >= 0.6 is 0 Å². The maximum atomic E-state index is 13.0. The lowest BCUT2D eigenvalue weighted by atomic mass is 10.1. The molecule has 1 fully saturated rings. The number of nitrogens with two attached hydrogens (primary N) is 1. The summed E-state index contributed by atoms with van der Waals surface area (Å²) in [5.41, 5.74) is 8.40. The summed E-state index contributed by atoms with van der Waals surface area (Å²) in [5, 5.41) is 0. The minimum atomic E-state index is -0.0991. The molecule has 1 saturated heterocycles. The van der Waals surface area contributed by atoms with Gasteiger partial charge in [0, 0.05) is 39.4 Å². The highest BCUT2D eigenvalue weighted by molar-refractivity contribution is 5.82. The quantitative estimate of drug-likeness (QED) is 0.772. The van der Waals surface area contributed by atoms with E-state index in [1.807, 2.05) is 11.9 Å². The van der Waals surface area contributed by atoms with Gasteiger partial charge in [-0.3, -0.25) is 9.69 Å². The zero-order valence-corrected chi connectivity index (χ0v) is 14.5. The van der Waals surface area contributed by atoms with E-state index in [1.54, 1.807) is 7.11 Å². The molecule has 2 rings (SSSR count). The van der Waals surface area contributed by atoms with Crippen molar-refractivity contribution in [3.05, 3.63) is 35.4 Å². The number of amides is 1. The van der Waals surface area contributed by atoms with Gasteiger partial charge in [-0.2, -0.15) is 0 Å². The number of rotatable bonds is 7. The van der Waals surface area contributed by atoms with Crippen LogP contribution in [0.3, 0.4) is 0 Å². The van der Waals surface area contributed by atoms with Gasteiger partial charge in [-0.1, -0.05) is 29.8 Å². The van der Waals surface area contributed by atoms with Crippen LogP contribution in [0.5, 0.6) is 0 Å². The molecule has 0 saturated carbocycles. The number of methoxy groups -OCH3 is 1. The van der Waals surface area contributed by atoms with Gasteiger partial charge in [0.25, 0.3) is 0 Å². The van der Waals surface area contributed by atoms with Gasteiger partial charge in [-0.05, 0) is 32.4 Å². The number of carbonyl (C=O) groups excluding carboxylic acids is 1. The number of aryl methyl sites for hydroxylation is 1. The molecule has 128 valence electrons. The molecule has 0 unspecified atom stereocenters. The Bertz CT molecular complexity index is 503. The van der Waals surface area contributed by atoms with E-state index >= 15 is 0 Å². The highest BCUT2D eigenvalue weighted by Crippen LogP contribution is 2.18. The third kappa shape index (κ3) is 5.03. The van der Waals surface area contributed by atoms with Gasteiger partial charge in [-0.25, -0.2) is 0 Å². The lowest BCUT2D eigenvalue weighted by molar-refractivity contribution is -0.136. The topological polar surface area (TPSA) is 58.8 Å². The molecule has 1 amide bonds. The van der Waals surface area contributed by atoms with Crippen LogP contribution in [-0.2, 0) is 16.1 Å². The highest BCUT2D eigenvalue weighted by atomic mass is 16.5. The largest absolute Gasteiger partial charge is 0.385 e. The molecule has 5 nitrogen and oxygen atoms in total. The van der Waals surface area contributed by atoms with E-state index in [1.165, 1.54) is 5.56 Å². The fourth-order valence-corrected chi connectivity index (χ4v) is 3.12. The molecule has 1 aliphatic rings. The Morgan fingerprint density at radius 2 is 2.09 bits per heavy atom. The molecule has 2 atom stereocenters. The lowest BCUT2D eigenvalue weighted by Crippen LogP contribution is -2.44. The normalized spacial score (nSPS) is 21.6. The van der Waals surface area contributed by atoms with Crippen LogP contribution in [0.25, 0.3) is 0 Å². The molecule has 1 aromatic carbocycles. The molecule has 2 N–H and O–H groups in total. The first-order chi connectivity index (χ1) is 11.0. The van der Waals surface area contributed by atoms with E-state index in [9.17, 15) is 4.79 Å². The second kappa shape index (κ2) is 8.43. The van der Waals surface area contributed by atoms with Gasteiger partial charge < -0.3 is 15.4 Å². The van der Waals surface area contributed by atoms with Gasteiger partial charge in [0.05, 0.1) is 6.04 Å². The summed E-state index contributed by atoms with van der Waals surface area (Å²) in [4.78, 5) is 17.0. The third-order valence-corrected chi connectivity index (χ3v) is 4.45. The van der Waals surface area contributed by atoms with Crippen molar-refractivity contribution in [3.8, 4) is 0 Å². The van der Waals surface area contributed by atoms with Crippen molar-refractivity contribution >= 4 is 5.91 Å². The smallest absolute Gasteiger partial charge is 0.240 e. The number of likely N-dealkylation sites (tertiary alicyclic amines) is 1. The summed E-state index contributed by atoms with van der Waals surface area (Å²) in [7, 11) is 3.67. The predicted molar refractivity (Wildman–Crippen MR) is 92.1 cm³/mol. The van der Waals surface area contributed by atoms with Crippen LogP contribution in [0, 0.1) is 6.92 Å². The summed E-state index contributed by atoms with van der Waals surface area (Å²) in [5.74, 6) is 0.178. The van der Waals surface area contributed by atoms with Gasteiger partial charge in [0.15, 0.2) is 0 Å². The van der Waals surface area contributed by atoms with Crippen LogP contribution in [0.4, 0.5) is 0 Å².